The summed E-state index contributed by atoms with van der Waals surface area (Å²) in [5.74, 6) is 0.645. The van der Waals surface area contributed by atoms with E-state index in [-0.39, 0.29) is 0 Å². The minimum atomic E-state index is 0.598. The molecule has 3 aromatic rings. The van der Waals surface area contributed by atoms with Crippen molar-refractivity contribution in [2.24, 2.45) is 0 Å². The first kappa shape index (κ1) is 11.9. The number of rotatable bonds is 2. The second-order valence-electron chi connectivity index (χ2n) is 4.13. The van der Waals surface area contributed by atoms with E-state index in [4.69, 9.17) is 5.73 Å². The highest BCUT2D eigenvalue weighted by molar-refractivity contribution is 9.10. The molecule has 2 aromatic heterocycles. The second kappa shape index (κ2) is 4.85. The first-order valence-corrected chi connectivity index (χ1v) is 6.54. The van der Waals surface area contributed by atoms with Crippen LogP contribution >= 0.6 is 15.9 Å². The van der Waals surface area contributed by atoms with Gasteiger partial charge in [0, 0.05) is 27.9 Å². The average Bonchev–Trinajstić information content (AvgIpc) is 2.42. The summed E-state index contributed by atoms with van der Waals surface area (Å²) in [6.45, 7) is 0. The van der Waals surface area contributed by atoms with Crippen molar-refractivity contribution in [1.82, 2.24) is 9.97 Å². The highest BCUT2D eigenvalue weighted by Gasteiger charge is 2.03. The molecule has 19 heavy (non-hydrogen) atoms. The minimum Gasteiger partial charge on any atom is -0.396 e. The zero-order valence-corrected chi connectivity index (χ0v) is 11.6. The van der Waals surface area contributed by atoms with Crippen molar-refractivity contribution in [3.63, 3.8) is 0 Å². The Kier molecular flexibility index (Phi) is 3.05. The summed E-state index contributed by atoms with van der Waals surface area (Å²) in [5, 5.41) is 4.28. The van der Waals surface area contributed by atoms with Crippen molar-refractivity contribution >= 4 is 44.0 Å². The summed E-state index contributed by atoms with van der Waals surface area (Å²) in [6.07, 6.45) is 3.49. The number of nitrogen functional groups attached to an aromatic ring is 1. The van der Waals surface area contributed by atoms with Crippen LogP contribution in [0.2, 0.25) is 0 Å². The third-order valence-corrected chi connectivity index (χ3v) is 3.18. The maximum Gasteiger partial charge on any atom is 0.153 e. The Balaban J connectivity index is 1.96. The summed E-state index contributed by atoms with van der Waals surface area (Å²) in [4.78, 5) is 8.54. The predicted octanol–water partition coefficient (Wildman–Crippen LogP) is 3.72. The number of halogens is 1. The van der Waals surface area contributed by atoms with E-state index in [1.807, 2.05) is 36.4 Å². The van der Waals surface area contributed by atoms with E-state index in [0.29, 0.717) is 11.5 Å². The van der Waals surface area contributed by atoms with Crippen LogP contribution in [0.3, 0.4) is 0 Å². The standard InChI is InChI=1S/C14H11BrN4/c15-10-7-12(16)14(18-8-10)19-11-3-4-13-9(6-11)2-1-5-17-13/h1-8H,16H2,(H,18,19). The molecule has 3 rings (SSSR count). The Hall–Kier alpha value is -2.14. The van der Waals surface area contributed by atoms with Gasteiger partial charge in [-0.25, -0.2) is 4.98 Å². The van der Waals surface area contributed by atoms with Gasteiger partial charge in [-0.2, -0.15) is 0 Å². The largest absolute Gasteiger partial charge is 0.396 e. The number of nitrogens with one attached hydrogen (secondary N) is 1. The fourth-order valence-electron chi connectivity index (χ4n) is 1.85. The third-order valence-electron chi connectivity index (χ3n) is 2.75. The van der Waals surface area contributed by atoms with Gasteiger partial charge in [0.25, 0.3) is 0 Å². The van der Waals surface area contributed by atoms with E-state index in [9.17, 15) is 0 Å². The van der Waals surface area contributed by atoms with Crippen molar-refractivity contribution in [2.75, 3.05) is 11.1 Å². The Labute approximate surface area is 118 Å². The fraction of sp³-hybridized carbons (Fsp3) is 0. The lowest BCUT2D eigenvalue weighted by atomic mass is 10.2. The highest BCUT2D eigenvalue weighted by atomic mass is 79.9. The molecule has 0 saturated heterocycles. The van der Waals surface area contributed by atoms with E-state index >= 15 is 0 Å². The quantitative estimate of drug-likeness (QED) is 0.756. The van der Waals surface area contributed by atoms with E-state index in [1.165, 1.54) is 0 Å². The maximum atomic E-state index is 5.91. The van der Waals surface area contributed by atoms with Crippen LogP contribution in [0.25, 0.3) is 10.9 Å². The number of hydrogen-bond acceptors (Lipinski definition) is 4. The molecule has 0 aliphatic carbocycles. The van der Waals surface area contributed by atoms with Crippen molar-refractivity contribution in [2.45, 2.75) is 0 Å². The Bertz CT molecular complexity index is 742. The summed E-state index contributed by atoms with van der Waals surface area (Å²) in [6, 6.07) is 11.7. The molecule has 0 amide bonds. The molecule has 0 atom stereocenters. The molecule has 0 unspecified atom stereocenters. The SMILES string of the molecule is Nc1cc(Br)cnc1Nc1ccc2ncccc2c1. The van der Waals surface area contributed by atoms with Gasteiger partial charge < -0.3 is 11.1 Å². The van der Waals surface area contributed by atoms with Crippen LogP contribution in [-0.4, -0.2) is 9.97 Å². The second-order valence-corrected chi connectivity index (χ2v) is 5.04. The number of nitrogens with two attached hydrogens (primary N) is 1. The summed E-state index contributed by atoms with van der Waals surface area (Å²) >= 11 is 3.34. The first-order chi connectivity index (χ1) is 9.22. The molecule has 0 radical (unpaired) electrons. The van der Waals surface area contributed by atoms with Gasteiger partial charge in [-0.1, -0.05) is 6.07 Å². The Morgan fingerprint density at radius 1 is 1.11 bits per heavy atom. The van der Waals surface area contributed by atoms with Crippen LogP contribution in [0.1, 0.15) is 0 Å². The van der Waals surface area contributed by atoms with Gasteiger partial charge in [-0.3, -0.25) is 4.98 Å². The van der Waals surface area contributed by atoms with Gasteiger partial charge in [0.1, 0.15) is 0 Å². The molecule has 1 aromatic carbocycles. The molecule has 0 fully saturated rings. The van der Waals surface area contributed by atoms with Gasteiger partial charge in [-0.15, -0.1) is 0 Å². The first-order valence-electron chi connectivity index (χ1n) is 5.75. The van der Waals surface area contributed by atoms with Gasteiger partial charge in [-0.05, 0) is 46.3 Å². The van der Waals surface area contributed by atoms with Crippen LogP contribution in [0.4, 0.5) is 17.2 Å². The summed E-state index contributed by atoms with van der Waals surface area (Å²) in [7, 11) is 0. The average molecular weight is 315 g/mol. The molecule has 3 N–H and O–H groups in total. The zero-order valence-electron chi connectivity index (χ0n) is 9.97. The third kappa shape index (κ3) is 2.51. The van der Waals surface area contributed by atoms with Crippen molar-refractivity contribution in [3.05, 3.63) is 53.3 Å². The van der Waals surface area contributed by atoms with E-state index < -0.39 is 0 Å². The molecule has 0 saturated carbocycles. The molecule has 0 aliphatic heterocycles. The topological polar surface area (TPSA) is 63.8 Å². The maximum absolute atomic E-state index is 5.91. The lowest BCUT2D eigenvalue weighted by molar-refractivity contribution is 1.30. The molecule has 0 spiro atoms. The predicted molar refractivity (Wildman–Crippen MR) is 81.4 cm³/mol. The normalized spacial score (nSPS) is 10.6. The van der Waals surface area contributed by atoms with E-state index in [2.05, 4.69) is 31.2 Å². The van der Waals surface area contributed by atoms with Crippen LogP contribution in [0, 0.1) is 0 Å². The zero-order chi connectivity index (χ0) is 13.2. The molecule has 0 bridgehead atoms. The van der Waals surface area contributed by atoms with E-state index in [0.717, 1.165) is 21.1 Å². The Morgan fingerprint density at radius 2 is 2.00 bits per heavy atom. The fourth-order valence-corrected chi connectivity index (χ4v) is 2.20. The number of hydrogen-bond donors (Lipinski definition) is 2. The molecule has 94 valence electrons. The minimum absolute atomic E-state index is 0.598. The van der Waals surface area contributed by atoms with Gasteiger partial charge >= 0.3 is 0 Å². The lowest BCUT2D eigenvalue weighted by Crippen LogP contribution is -1.99. The smallest absolute Gasteiger partial charge is 0.153 e. The number of benzene rings is 1. The number of aromatic nitrogens is 2. The van der Waals surface area contributed by atoms with Crippen LogP contribution < -0.4 is 11.1 Å². The molecular formula is C14H11BrN4. The van der Waals surface area contributed by atoms with Crippen LogP contribution in [0.15, 0.2) is 53.3 Å². The number of nitrogens with zero attached hydrogens (tertiary/aromatic N) is 2. The summed E-state index contributed by atoms with van der Waals surface area (Å²) in [5.41, 5.74) is 8.41. The number of fused-ring (bicyclic) bond motifs is 1. The molecule has 5 heteroatoms. The number of anilines is 3. The Morgan fingerprint density at radius 3 is 2.84 bits per heavy atom. The molecule has 2 heterocycles. The molecule has 0 aliphatic rings. The number of pyridine rings is 2. The molecular weight excluding hydrogens is 304 g/mol. The highest BCUT2D eigenvalue weighted by Crippen LogP contribution is 2.25. The monoisotopic (exact) mass is 314 g/mol. The summed E-state index contributed by atoms with van der Waals surface area (Å²) < 4.78 is 0.860. The van der Waals surface area contributed by atoms with Crippen molar-refractivity contribution in [1.29, 1.82) is 0 Å². The van der Waals surface area contributed by atoms with Crippen molar-refractivity contribution < 1.29 is 0 Å². The van der Waals surface area contributed by atoms with Gasteiger partial charge in [0.2, 0.25) is 0 Å². The van der Waals surface area contributed by atoms with Gasteiger partial charge in [0.15, 0.2) is 5.82 Å². The van der Waals surface area contributed by atoms with Gasteiger partial charge in [0.05, 0.1) is 11.2 Å². The van der Waals surface area contributed by atoms with Crippen molar-refractivity contribution in [3.8, 4) is 0 Å². The van der Waals surface area contributed by atoms with Crippen LogP contribution in [0.5, 0.6) is 0 Å². The lowest BCUT2D eigenvalue weighted by Gasteiger charge is -2.09. The van der Waals surface area contributed by atoms with E-state index in [1.54, 1.807) is 12.4 Å². The molecule has 4 nitrogen and oxygen atoms in total. The van der Waals surface area contributed by atoms with Crippen LogP contribution in [-0.2, 0) is 0 Å².